The molecule has 0 aromatic heterocycles. The molecular formula is C26H30N4O5. The van der Waals surface area contributed by atoms with Gasteiger partial charge in [-0.1, -0.05) is 24.3 Å². The largest absolute Gasteiger partial charge is 0.372 e. The number of morpholine rings is 1. The van der Waals surface area contributed by atoms with Crippen molar-refractivity contribution in [1.29, 1.82) is 0 Å². The first-order valence-electron chi connectivity index (χ1n) is 11.8. The lowest BCUT2D eigenvalue weighted by atomic mass is 10.1. The maximum atomic E-state index is 12.8. The Balaban J connectivity index is 1.25. The number of hydrogen-bond donors (Lipinski definition) is 2. The van der Waals surface area contributed by atoms with Gasteiger partial charge in [0.05, 0.1) is 23.6 Å². The third-order valence-electron chi connectivity index (χ3n) is 6.04. The van der Waals surface area contributed by atoms with Crippen molar-refractivity contribution in [3.63, 3.8) is 0 Å². The minimum atomic E-state index is -0.280. The number of para-hydroxylation sites is 2. The summed E-state index contributed by atoms with van der Waals surface area (Å²) in [5.41, 5.74) is 2.67. The van der Waals surface area contributed by atoms with E-state index in [1.165, 1.54) is 4.90 Å². The summed E-state index contributed by atoms with van der Waals surface area (Å²) in [6, 6.07) is 14.2. The molecule has 1 saturated heterocycles. The first-order chi connectivity index (χ1) is 16.8. The van der Waals surface area contributed by atoms with Gasteiger partial charge >= 0.3 is 0 Å². The number of amides is 4. The maximum Gasteiger partial charge on any atom is 0.254 e. The molecule has 4 rings (SSSR count). The molecule has 0 bridgehead atoms. The summed E-state index contributed by atoms with van der Waals surface area (Å²) in [5, 5.41) is 5.55. The van der Waals surface area contributed by atoms with Crippen molar-refractivity contribution < 1.29 is 23.9 Å². The molecule has 2 heterocycles. The highest BCUT2D eigenvalue weighted by molar-refractivity contribution is 6.10. The van der Waals surface area contributed by atoms with Crippen LogP contribution in [0.4, 0.5) is 11.4 Å². The predicted molar refractivity (Wildman–Crippen MR) is 131 cm³/mol. The van der Waals surface area contributed by atoms with Crippen molar-refractivity contribution in [1.82, 2.24) is 10.2 Å². The number of carbonyl (C=O) groups excluding carboxylic acids is 4. The molecule has 0 saturated carbocycles. The van der Waals surface area contributed by atoms with Gasteiger partial charge in [0.25, 0.3) is 5.91 Å². The number of fused-ring (bicyclic) bond motifs is 1. The standard InChI is InChI=1S/C26H30N4O5/c1-17-14-29(15-18(2)35-17)26(34)20-9-7-19(8-10-20)13-27-23(31)11-12-25(33)30-16-24(32)28-21-5-3-4-6-22(21)30/h3-10,17-18H,11-16H2,1-2H3,(H,27,31)(H,28,32). The van der Waals surface area contributed by atoms with Gasteiger partial charge in [0.1, 0.15) is 6.54 Å². The summed E-state index contributed by atoms with van der Waals surface area (Å²) in [7, 11) is 0. The van der Waals surface area contributed by atoms with Crippen molar-refractivity contribution in [3.8, 4) is 0 Å². The van der Waals surface area contributed by atoms with Crippen LogP contribution in [0.2, 0.25) is 0 Å². The summed E-state index contributed by atoms with van der Waals surface area (Å²) in [4.78, 5) is 52.9. The molecule has 184 valence electrons. The van der Waals surface area contributed by atoms with Gasteiger partial charge in [-0.2, -0.15) is 0 Å². The Morgan fingerprint density at radius 3 is 2.40 bits per heavy atom. The Morgan fingerprint density at radius 1 is 1.00 bits per heavy atom. The fourth-order valence-electron chi connectivity index (χ4n) is 4.39. The van der Waals surface area contributed by atoms with Gasteiger partial charge in [-0.3, -0.25) is 19.2 Å². The Hall–Kier alpha value is -3.72. The van der Waals surface area contributed by atoms with Crippen LogP contribution in [0.5, 0.6) is 0 Å². The number of nitrogens with one attached hydrogen (secondary N) is 2. The molecule has 4 amide bonds. The van der Waals surface area contributed by atoms with Crippen LogP contribution in [0.15, 0.2) is 48.5 Å². The van der Waals surface area contributed by atoms with Crippen molar-refractivity contribution in [2.75, 3.05) is 29.9 Å². The lowest BCUT2D eigenvalue weighted by Gasteiger charge is -2.35. The number of nitrogens with zero attached hydrogens (tertiary/aromatic N) is 2. The van der Waals surface area contributed by atoms with E-state index < -0.39 is 0 Å². The summed E-state index contributed by atoms with van der Waals surface area (Å²) in [5.74, 6) is -0.836. The van der Waals surface area contributed by atoms with E-state index in [0.717, 1.165) is 5.56 Å². The van der Waals surface area contributed by atoms with Crippen LogP contribution in [0, 0.1) is 0 Å². The molecule has 0 aliphatic carbocycles. The normalized spacial score (nSPS) is 19.5. The number of hydrogen-bond acceptors (Lipinski definition) is 5. The Labute approximate surface area is 204 Å². The molecule has 2 aliphatic rings. The SMILES string of the molecule is CC1CN(C(=O)c2ccc(CNC(=O)CCC(=O)N3CC(=O)Nc4ccccc43)cc2)CC(C)O1. The van der Waals surface area contributed by atoms with Crippen LogP contribution in [-0.4, -0.2) is 60.4 Å². The number of ether oxygens (including phenoxy) is 1. The molecule has 2 N–H and O–H groups in total. The van der Waals surface area contributed by atoms with Gasteiger partial charge in [-0.05, 0) is 43.7 Å². The Kier molecular flexibility index (Phi) is 7.45. The van der Waals surface area contributed by atoms with E-state index in [0.29, 0.717) is 36.6 Å². The molecular weight excluding hydrogens is 448 g/mol. The molecule has 2 aliphatic heterocycles. The average Bonchev–Trinajstić information content (AvgIpc) is 2.84. The second-order valence-electron chi connectivity index (χ2n) is 8.99. The highest BCUT2D eigenvalue weighted by Gasteiger charge is 2.27. The summed E-state index contributed by atoms with van der Waals surface area (Å²) < 4.78 is 5.69. The molecule has 2 aromatic carbocycles. The maximum absolute atomic E-state index is 12.8. The van der Waals surface area contributed by atoms with Crippen LogP contribution in [0.25, 0.3) is 0 Å². The molecule has 2 atom stereocenters. The quantitative estimate of drug-likeness (QED) is 0.663. The summed E-state index contributed by atoms with van der Waals surface area (Å²) in [6.07, 6.45) is 0.0251. The third-order valence-corrected chi connectivity index (χ3v) is 6.04. The zero-order valence-electron chi connectivity index (χ0n) is 20.0. The molecule has 35 heavy (non-hydrogen) atoms. The van der Waals surface area contributed by atoms with E-state index in [4.69, 9.17) is 4.74 Å². The fraction of sp³-hybridized carbons (Fsp3) is 0.385. The lowest BCUT2D eigenvalue weighted by molar-refractivity contribution is -0.125. The van der Waals surface area contributed by atoms with Crippen molar-refractivity contribution in [2.45, 2.75) is 45.4 Å². The van der Waals surface area contributed by atoms with E-state index in [-0.39, 0.29) is 55.2 Å². The first-order valence-corrected chi connectivity index (χ1v) is 11.8. The van der Waals surface area contributed by atoms with E-state index in [1.807, 2.05) is 26.0 Å². The first kappa shape index (κ1) is 24.4. The lowest BCUT2D eigenvalue weighted by Crippen LogP contribution is -2.48. The van der Waals surface area contributed by atoms with Gasteiger partial charge in [0.15, 0.2) is 0 Å². The molecule has 2 aromatic rings. The van der Waals surface area contributed by atoms with Crippen molar-refractivity contribution in [2.24, 2.45) is 0 Å². The van der Waals surface area contributed by atoms with Crippen molar-refractivity contribution in [3.05, 3.63) is 59.7 Å². The van der Waals surface area contributed by atoms with E-state index in [2.05, 4.69) is 10.6 Å². The topological polar surface area (TPSA) is 108 Å². The van der Waals surface area contributed by atoms with E-state index >= 15 is 0 Å². The molecule has 1 fully saturated rings. The zero-order chi connectivity index (χ0) is 24.9. The molecule has 0 radical (unpaired) electrons. The monoisotopic (exact) mass is 478 g/mol. The number of benzene rings is 2. The Bertz CT molecular complexity index is 1110. The highest BCUT2D eigenvalue weighted by atomic mass is 16.5. The van der Waals surface area contributed by atoms with Crippen molar-refractivity contribution >= 4 is 35.0 Å². The molecule has 9 nitrogen and oxygen atoms in total. The molecule has 2 unspecified atom stereocenters. The summed E-state index contributed by atoms with van der Waals surface area (Å²) in [6.45, 7) is 5.27. The molecule has 0 spiro atoms. The Morgan fingerprint density at radius 2 is 1.69 bits per heavy atom. The van der Waals surface area contributed by atoms with Crippen LogP contribution < -0.4 is 15.5 Å². The average molecular weight is 479 g/mol. The number of anilines is 2. The van der Waals surface area contributed by atoms with E-state index in [9.17, 15) is 19.2 Å². The van der Waals surface area contributed by atoms with Crippen LogP contribution in [-0.2, 0) is 25.7 Å². The van der Waals surface area contributed by atoms with Crippen LogP contribution in [0.1, 0.15) is 42.6 Å². The second kappa shape index (κ2) is 10.7. The number of rotatable bonds is 6. The third kappa shape index (κ3) is 6.05. The zero-order valence-corrected chi connectivity index (χ0v) is 20.0. The van der Waals surface area contributed by atoms with E-state index in [1.54, 1.807) is 41.3 Å². The van der Waals surface area contributed by atoms with Gasteiger partial charge in [0, 0.05) is 38.0 Å². The second-order valence-corrected chi connectivity index (χ2v) is 8.99. The number of carbonyl (C=O) groups is 4. The smallest absolute Gasteiger partial charge is 0.254 e. The van der Waals surface area contributed by atoms with Gasteiger partial charge in [0.2, 0.25) is 17.7 Å². The van der Waals surface area contributed by atoms with Gasteiger partial charge in [-0.15, -0.1) is 0 Å². The highest BCUT2D eigenvalue weighted by Crippen LogP contribution is 2.29. The predicted octanol–water partition coefficient (Wildman–Crippen LogP) is 2.32. The van der Waals surface area contributed by atoms with Crippen LogP contribution in [0.3, 0.4) is 0 Å². The van der Waals surface area contributed by atoms with Crippen LogP contribution >= 0.6 is 0 Å². The molecule has 9 heteroatoms. The fourth-order valence-corrected chi connectivity index (χ4v) is 4.39. The van der Waals surface area contributed by atoms with Gasteiger partial charge in [-0.25, -0.2) is 0 Å². The van der Waals surface area contributed by atoms with Gasteiger partial charge < -0.3 is 25.2 Å². The minimum absolute atomic E-state index is 0.00270. The minimum Gasteiger partial charge on any atom is -0.372 e. The summed E-state index contributed by atoms with van der Waals surface area (Å²) >= 11 is 0.